The van der Waals surface area contributed by atoms with Crippen LogP contribution in [0.2, 0.25) is 0 Å². The molecule has 1 aliphatic heterocycles. The third-order valence-electron chi connectivity index (χ3n) is 2.31. The minimum absolute atomic E-state index is 0.0650. The summed E-state index contributed by atoms with van der Waals surface area (Å²) in [6.07, 6.45) is 3.23. The average molecular weight is 228 g/mol. The molecule has 0 aromatic heterocycles. The first kappa shape index (κ1) is 13.5. The average Bonchev–Trinajstić information content (AvgIpc) is 2.33. The molecule has 1 heterocycles. The largest absolute Gasteiger partial charge is 0.395 e. The molecule has 4 nitrogen and oxygen atoms in total. The van der Waals surface area contributed by atoms with E-state index in [2.05, 4.69) is 11.8 Å². The summed E-state index contributed by atoms with van der Waals surface area (Å²) in [6.45, 7) is 1.07. The van der Waals surface area contributed by atoms with Gasteiger partial charge in [0.2, 0.25) is 0 Å². The Hall–Kier alpha value is -0.600. The van der Waals surface area contributed by atoms with Gasteiger partial charge in [-0.2, -0.15) is 0 Å². The fourth-order valence-corrected chi connectivity index (χ4v) is 1.45. The lowest BCUT2D eigenvalue weighted by atomic mass is 10.2. The first-order valence-corrected chi connectivity index (χ1v) is 5.81. The van der Waals surface area contributed by atoms with Crippen molar-refractivity contribution >= 4 is 0 Å². The van der Waals surface area contributed by atoms with Crippen molar-refractivity contribution in [2.24, 2.45) is 0 Å². The van der Waals surface area contributed by atoms with Gasteiger partial charge in [0, 0.05) is 19.4 Å². The number of aliphatic hydroxyl groups excluding tert-OH is 2. The zero-order chi connectivity index (χ0) is 11.6. The lowest BCUT2D eigenvalue weighted by Crippen LogP contribution is -2.26. The molecule has 1 fully saturated rings. The van der Waals surface area contributed by atoms with E-state index in [1.807, 2.05) is 0 Å². The van der Waals surface area contributed by atoms with E-state index in [1.54, 1.807) is 0 Å². The van der Waals surface area contributed by atoms with E-state index in [0.717, 1.165) is 25.9 Å². The van der Waals surface area contributed by atoms with Gasteiger partial charge in [-0.1, -0.05) is 0 Å². The Labute approximate surface area is 96.6 Å². The lowest BCUT2D eigenvalue weighted by molar-refractivity contribution is -0.174. The minimum atomic E-state index is -0.572. The molecule has 0 radical (unpaired) electrons. The van der Waals surface area contributed by atoms with E-state index in [9.17, 15) is 5.11 Å². The van der Waals surface area contributed by atoms with Crippen molar-refractivity contribution in [3.05, 3.63) is 0 Å². The van der Waals surface area contributed by atoms with Gasteiger partial charge in [0.1, 0.15) is 0 Å². The van der Waals surface area contributed by atoms with Crippen LogP contribution in [0.3, 0.4) is 0 Å². The highest BCUT2D eigenvalue weighted by Gasteiger charge is 2.15. The molecule has 0 bridgehead atoms. The second kappa shape index (κ2) is 8.54. The molecule has 92 valence electrons. The maximum Gasteiger partial charge on any atom is 0.157 e. The van der Waals surface area contributed by atoms with Crippen molar-refractivity contribution < 1.29 is 19.7 Å². The second-order valence-electron chi connectivity index (χ2n) is 3.81. The molecule has 1 unspecified atom stereocenters. The molecule has 1 aliphatic rings. The highest BCUT2D eigenvalue weighted by atomic mass is 16.7. The van der Waals surface area contributed by atoms with Gasteiger partial charge < -0.3 is 19.7 Å². The summed E-state index contributed by atoms with van der Waals surface area (Å²) in [5.74, 6) is 5.55. The highest BCUT2D eigenvalue weighted by molar-refractivity contribution is 5.00. The molecule has 16 heavy (non-hydrogen) atoms. The number of ether oxygens (including phenoxy) is 2. The van der Waals surface area contributed by atoms with Gasteiger partial charge in [-0.25, -0.2) is 0 Å². The van der Waals surface area contributed by atoms with Crippen LogP contribution in [-0.2, 0) is 9.47 Å². The van der Waals surface area contributed by atoms with Crippen molar-refractivity contribution in [3.63, 3.8) is 0 Å². The van der Waals surface area contributed by atoms with E-state index in [1.165, 1.54) is 0 Å². The predicted molar refractivity (Wildman–Crippen MR) is 59.6 cm³/mol. The van der Waals surface area contributed by atoms with Gasteiger partial charge in [-0.3, -0.25) is 0 Å². The smallest absolute Gasteiger partial charge is 0.157 e. The van der Waals surface area contributed by atoms with Crippen molar-refractivity contribution in [2.45, 2.75) is 44.5 Å². The van der Waals surface area contributed by atoms with Gasteiger partial charge in [0.25, 0.3) is 0 Å². The van der Waals surface area contributed by atoms with E-state index in [0.29, 0.717) is 12.8 Å². The van der Waals surface area contributed by atoms with E-state index in [4.69, 9.17) is 14.6 Å². The second-order valence-corrected chi connectivity index (χ2v) is 3.81. The molecular formula is C12H20O4. The Morgan fingerprint density at radius 1 is 1.38 bits per heavy atom. The molecule has 0 amide bonds. The summed E-state index contributed by atoms with van der Waals surface area (Å²) in [5, 5.41) is 18.0. The fourth-order valence-electron chi connectivity index (χ4n) is 1.45. The molecule has 1 saturated heterocycles. The van der Waals surface area contributed by atoms with Crippen LogP contribution >= 0.6 is 0 Å². The highest BCUT2D eigenvalue weighted by Crippen LogP contribution is 2.13. The van der Waals surface area contributed by atoms with Crippen LogP contribution in [0.1, 0.15) is 32.1 Å². The van der Waals surface area contributed by atoms with Crippen LogP contribution in [0.15, 0.2) is 0 Å². The van der Waals surface area contributed by atoms with E-state index >= 15 is 0 Å². The standard InChI is InChI=1S/C12H20O4/c13-8-4-1-2-6-11(14)10-16-12-7-3-5-9-15-12/h11-14H,3-10H2/t11-,12?/m1/s1. The lowest BCUT2D eigenvalue weighted by Gasteiger charge is -2.23. The van der Waals surface area contributed by atoms with Gasteiger partial charge in [0.15, 0.2) is 6.29 Å². The quantitative estimate of drug-likeness (QED) is 0.679. The Bertz CT molecular complexity index is 225. The zero-order valence-corrected chi connectivity index (χ0v) is 9.52. The Kier molecular flexibility index (Phi) is 7.19. The third-order valence-corrected chi connectivity index (χ3v) is 2.31. The molecular weight excluding hydrogens is 208 g/mol. The summed E-state index contributed by atoms with van der Waals surface area (Å²) < 4.78 is 10.8. The van der Waals surface area contributed by atoms with Crippen molar-refractivity contribution in [1.82, 2.24) is 0 Å². The molecule has 0 spiro atoms. The predicted octanol–water partition coefficient (Wildman–Crippen LogP) is 0.666. The maximum atomic E-state index is 9.53. The molecule has 0 aromatic rings. The van der Waals surface area contributed by atoms with Gasteiger partial charge in [0.05, 0.1) is 19.3 Å². The van der Waals surface area contributed by atoms with Gasteiger partial charge in [-0.05, 0) is 19.3 Å². The van der Waals surface area contributed by atoms with Crippen LogP contribution in [0.25, 0.3) is 0 Å². The number of hydrogen-bond donors (Lipinski definition) is 2. The maximum absolute atomic E-state index is 9.53. The SMILES string of the molecule is OCCC#CC[C@@H](O)COC1CCCCO1. The number of rotatable bonds is 5. The molecule has 2 atom stereocenters. The van der Waals surface area contributed by atoms with Crippen molar-refractivity contribution in [1.29, 1.82) is 0 Å². The Balaban J connectivity index is 2.05. The molecule has 0 aromatic carbocycles. The van der Waals surface area contributed by atoms with Crippen LogP contribution in [0, 0.1) is 11.8 Å². The van der Waals surface area contributed by atoms with Crippen molar-refractivity contribution in [2.75, 3.05) is 19.8 Å². The van der Waals surface area contributed by atoms with Gasteiger partial charge in [-0.15, -0.1) is 11.8 Å². The summed E-state index contributed by atoms with van der Waals surface area (Å²) in [4.78, 5) is 0. The minimum Gasteiger partial charge on any atom is -0.395 e. The monoisotopic (exact) mass is 228 g/mol. The normalized spacial score (nSPS) is 22.2. The van der Waals surface area contributed by atoms with Crippen LogP contribution in [-0.4, -0.2) is 42.4 Å². The van der Waals surface area contributed by atoms with Crippen LogP contribution < -0.4 is 0 Å². The Morgan fingerprint density at radius 3 is 2.94 bits per heavy atom. The summed E-state index contributed by atoms with van der Waals surface area (Å²) in [6, 6.07) is 0. The summed E-state index contributed by atoms with van der Waals surface area (Å²) in [5.41, 5.74) is 0. The van der Waals surface area contributed by atoms with Crippen LogP contribution in [0.4, 0.5) is 0 Å². The topological polar surface area (TPSA) is 58.9 Å². The molecule has 2 N–H and O–H groups in total. The summed E-state index contributed by atoms with van der Waals surface area (Å²) >= 11 is 0. The van der Waals surface area contributed by atoms with E-state index < -0.39 is 6.10 Å². The molecule has 1 rings (SSSR count). The number of aliphatic hydroxyl groups is 2. The number of hydrogen-bond acceptors (Lipinski definition) is 4. The molecule has 0 saturated carbocycles. The first-order valence-electron chi connectivity index (χ1n) is 5.81. The Morgan fingerprint density at radius 2 is 2.25 bits per heavy atom. The van der Waals surface area contributed by atoms with Crippen molar-refractivity contribution in [3.8, 4) is 11.8 Å². The summed E-state index contributed by atoms with van der Waals surface area (Å²) in [7, 11) is 0. The van der Waals surface area contributed by atoms with Gasteiger partial charge >= 0.3 is 0 Å². The molecule has 4 heteroatoms. The zero-order valence-electron chi connectivity index (χ0n) is 9.52. The fraction of sp³-hybridized carbons (Fsp3) is 0.833. The van der Waals surface area contributed by atoms with Crippen LogP contribution in [0.5, 0.6) is 0 Å². The molecule has 0 aliphatic carbocycles. The van der Waals surface area contributed by atoms with E-state index in [-0.39, 0.29) is 19.5 Å². The third kappa shape index (κ3) is 6.09. The first-order chi connectivity index (χ1) is 7.83.